The lowest BCUT2D eigenvalue weighted by atomic mass is 9.98. The first-order chi connectivity index (χ1) is 8.89. The molecule has 0 spiro atoms. The van der Waals surface area contributed by atoms with Gasteiger partial charge in [0.05, 0.1) is 5.56 Å². The Hall–Kier alpha value is -1.81. The van der Waals surface area contributed by atoms with Crippen LogP contribution < -0.4 is 0 Å². The van der Waals surface area contributed by atoms with Crippen LogP contribution in [0.1, 0.15) is 21.5 Å². The van der Waals surface area contributed by atoms with Crippen LogP contribution in [-0.4, -0.2) is 5.78 Å². The van der Waals surface area contributed by atoms with Gasteiger partial charge in [0.25, 0.3) is 0 Å². The van der Waals surface area contributed by atoms with E-state index in [-0.39, 0.29) is 11.1 Å². The van der Waals surface area contributed by atoms with Crippen molar-refractivity contribution >= 4 is 17.4 Å². The van der Waals surface area contributed by atoms with Crippen LogP contribution in [0.2, 0.25) is 5.02 Å². The molecule has 2 aromatic carbocycles. The number of hydrogen-bond donors (Lipinski definition) is 0. The molecule has 0 N–H and O–H groups in total. The molecule has 0 saturated heterocycles. The fraction of sp³-hybridized carbons (Fsp3) is 0.0714. The van der Waals surface area contributed by atoms with Gasteiger partial charge in [-0.3, -0.25) is 4.79 Å². The lowest BCUT2D eigenvalue weighted by Crippen LogP contribution is -2.13. The molecular formula is C14H8ClF3O. The summed E-state index contributed by atoms with van der Waals surface area (Å²) in [6.07, 6.45) is -4.56. The van der Waals surface area contributed by atoms with E-state index in [2.05, 4.69) is 0 Å². The van der Waals surface area contributed by atoms with Crippen LogP contribution in [0.15, 0.2) is 48.5 Å². The van der Waals surface area contributed by atoms with Gasteiger partial charge in [0.2, 0.25) is 0 Å². The van der Waals surface area contributed by atoms with Crippen LogP contribution in [0.25, 0.3) is 0 Å². The summed E-state index contributed by atoms with van der Waals surface area (Å²) in [5, 5.41) is 0.301. The van der Waals surface area contributed by atoms with E-state index in [1.54, 1.807) is 6.07 Å². The second-order valence-corrected chi connectivity index (χ2v) is 4.32. The molecule has 0 atom stereocenters. The Bertz CT molecular complexity index is 620. The Balaban J connectivity index is 2.51. The van der Waals surface area contributed by atoms with Gasteiger partial charge >= 0.3 is 6.18 Å². The van der Waals surface area contributed by atoms with Gasteiger partial charge in [-0.05, 0) is 18.2 Å². The molecule has 1 nitrogen and oxygen atoms in total. The number of carbonyl (C=O) groups excluding carboxylic acids is 1. The van der Waals surface area contributed by atoms with E-state index in [0.717, 1.165) is 12.1 Å². The molecule has 0 radical (unpaired) electrons. The first-order valence-corrected chi connectivity index (χ1v) is 5.74. The van der Waals surface area contributed by atoms with Gasteiger partial charge in [0, 0.05) is 16.1 Å². The molecule has 2 aromatic rings. The minimum atomic E-state index is -4.56. The quantitative estimate of drug-likeness (QED) is 0.737. The van der Waals surface area contributed by atoms with E-state index in [9.17, 15) is 18.0 Å². The number of ketones is 1. The molecule has 0 saturated carbocycles. The maximum absolute atomic E-state index is 12.8. The molecule has 0 heterocycles. The zero-order chi connectivity index (χ0) is 14.0. The number of alkyl halides is 3. The highest BCUT2D eigenvalue weighted by atomic mass is 35.5. The van der Waals surface area contributed by atoms with Crippen molar-refractivity contribution in [3.63, 3.8) is 0 Å². The van der Waals surface area contributed by atoms with Crippen molar-refractivity contribution in [1.29, 1.82) is 0 Å². The fourth-order valence-electron chi connectivity index (χ4n) is 1.71. The van der Waals surface area contributed by atoms with Gasteiger partial charge in [-0.1, -0.05) is 41.9 Å². The van der Waals surface area contributed by atoms with Gasteiger partial charge in [0.15, 0.2) is 5.78 Å². The van der Waals surface area contributed by atoms with E-state index in [0.29, 0.717) is 5.02 Å². The number of halogens is 4. The normalized spacial score (nSPS) is 11.4. The molecule has 0 bridgehead atoms. The molecule has 2 rings (SSSR count). The standard InChI is InChI=1S/C14H8ClF3O/c15-10-5-3-4-9(8-10)13(19)11-6-1-2-7-12(11)14(16,17)18/h1-8H. The largest absolute Gasteiger partial charge is 0.417 e. The Morgan fingerprint density at radius 3 is 2.32 bits per heavy atom. The molecule has 0 aromatic heterocycles. The number of carbonyl (C=O) groups is 1. The van der Waals surface area contributed by atoms with Crippen molar-refractivity contribution in [2.24, 2.45) is 0 Å². The Morgan fingerprint density at radius 2 is 1.68 bits per heavy atom. The van der Waals surface area contributed by atoms with Crippen LogP contribution in [-0.2, 0) is 6.18 Å². The third-order valence-electron chi connectivity index (χ3n) is 2.56. The van der Waals surface area contributed by atoms with Crippen LogP contribution in [0.4, 0.5) is 13.2 Å². The van der Waals surface area contributed by atoms with Crippen molar-refractivity contribution < 1.29 is 18.0 Å². The summed E-state index contributed by atoms with van der Waals surface area (Å²) in [6.45, 7) is 0. The van der Waals surface area contributed by atoms with Crippen LogP contribution >= 0.6 is 11.6 Å². The lowest BCUT2D eigenvalue weighted by molar-refractivity contribution is -0.137. The van der Waals surface area contributed by atoms with E-state index < -0.39 is 17.5 Å². The highest BCUT2D eigenvalue weighted by molar-refractivity contribution is 6.31. The summed E-state index contributed by atoms with van der Waals surface area (Å²) in [5.41, 5.74) is -1.19. The predicted octanol–water partition coefficient (Wildman–Crippen LogP) is 4.59. The molecule has 0 unspecified atom stereocenters. The highest BCUT2D eigenvalue weighted by Crippen LogP contribution is 2.32. The highest BCUT2D eigenvalue weighted by Gasteiger charge is 2.34. The SMILES string of the molecule is O=C(c1cccc(Cl)c1)c1ccccc1C(F)(F)F. The zero-order valence-corrected chi connectivity index (χ0v) is 10.3. The zero-order valence-electron chi connectivity index (χ0n) is 9.54. The summed E-state index contributed by atoms with van der Waals surface area (Å²) in [7, 11) is 0. The maximum atomic E-state index is 12.8. The molecule has 5 heteroatoms. The Morgan fingerprint density at radius 1 is 1.00 bits per heavy atom. The predicted molar refractivity (Wildman–Crippen MR) is 66.3 cm³/mol. The summed E-state index contributed by atoms with van der Waals surface area (Å²) in [5.74, 6) is -0.699. The molecule has 98 valence electrons. The smallest absolute Gasteiger partial charge is 0.289 e. The van der Waals surface area contributed by atoms with E-state index in [1.165, 1.54) is 30.3 Å². The van der Waals surface area contributed by atoms with E-state index in [1.807, 2.05) is 0 Å². The van der Waals surface area contributed by atoms with Gasteiger partial charge in [0.1, 0.15) is 0 Å². The number of benzene rings is 2. The maximum Gasteiger partial charge on any atom is 0.417 e. The van der Waals surface area contributed by atoms with Crippen molar-refractivity contribution in [2.45, 2.75) is 6.18 Å². The number of rotatable bonds is 2. The molecule has 0 aliphatic carbocycles. The minimum absolute atomic E-state index is 0.129. The lowest BCUT2D eigenvalue weighted by Gasteiger charge is -2.11. The van der Waals surface area contributed by atoms with Gasteiger partial charge in [-0.2, -0.15) is 13.2 Å². The second-order valence-electron chi connectivity index (χ2n) is 3.88. The fourth-order valence-corrected chi connectivity index (χ4v) is 1.90. The van der Waals surface area contributed by atoms with Crippen LogP contribution in [0.5, 0.6) is 0 Å². The molecule has 0 aliphatic rings. The average molecular weight is 285 g/mol. The first-order valence-electron chi connectivity index (χ1n) is 5.36. The van der Waals surface area contributed by atoms with Crippen LogP contribution in [0.3, 0.4) is 0 Å². The molecular weight excluding hydrogens is 277 g/mol. The summed E-state index contributed by atoms with van der Waals surface area (Å²) in [6, 6.07) is 10.5. The van der Waals surface area contributed by atoms with Crippen molar-refractivity contribution in [3.05, 3.63) is 70.2 Å². The van der Waals surface area contributed by atoms with E-state index >= 15 is 0 Å². The molecule has 19 heavy (non-hydrogen) atoms. The van der Waals surface area contributed by atoms with E-state index in [4.69, 9.17) is 11.6 Å². The average Bonchev–Trinajstić information content (AvgIpc) is 2.37. The first kappa shape index (κ1) is 13.6. The van der Waals surface area contributed by atoms with Crippen molar-refractivity contribution in [2.75, 3.05) is 0 Å². The summed E-state index contributed by atoms with van der Waals surface area (Å²) >= 11 is 5.73. The monoisotopic (exact) mass is 284 g/mol. The topological polar surface area (TPSA) is 17.1 Å². The number of hydrogen-bond acceptors (Lipinski definition) is 1. The van der Waals surface area contributed by atoms with Crippen molar-refractivity contribution in [1.82, 2.24) is 0 Å². The Kier molecular flexibility index (Phi) is 3.62. The van der Waals surface area contributed by atoms with Crippen LogP contribution in [0, 0.1) is 0 Å². The second kappa shape index (κ2) is 5.05. The van der Waals surface area contributed by atoms with Gasteiger partial charge < -0.3 is 0 Å². The van der Waals surface area contributed by atoms with Crippen molar-refractivity contribution in [3.8, 4) is 0 Å². The molecule has 0 fully saturated rings. The summed E-state index contributed by atoms with van der Waals surface area (Å²) < 4.78 is 38.5. The third kappa shape index (κ3) is 2.96. The van der Waals surface area contributed by atoms with Gasteiger partial charge in [-0.25, -0.2) is 0 Å². The molecule has 0 aliphatic heterocycles. The summed E-state index contributed by atoms with van der Waals surface area (Å²) in [4.78, 5) is 12.1. The molecule has 0 amide bonds. The van der Waals surface area contributed by atoms with Gasteiger partial charge in [-0.15, -0.1) is 0 Å². The minimum Gasteiger partial charge on any atom is -0.289 e. The third-order valence-corrected chi connectivity index (χ3v) is 2.80. The Labute approximate surface area is 112 Å².